The number of aliphatic hydroxyl groups is 1. The van der Waals surface area contributed by atoms with E-state index in [9.17, 15) is 9.32 Å². The van der Waals surface area contributed by atoms with E-state index < -0.39 is 6.10 Å². The fourth-order valence-electron chi connectivity index (χ4n) is 1.54. The highest BCUT2D eigenvalue weighted by Gasteiger charge is 2.18. The highest BCUT2D eigenvalue weighted by Crippen LogP contribution is 2.22. The molecule has 0 fully saturated rings. The van der Waals surface area contributed by atoms with Crippen LogP contribution in [0.4, 0.5) is 0 Å². The van der Waals surface area contributed by atoms with E-state index in [-0.39, 0.29) is 0 Å². The molecule has 0 heterocycles. The Kier molecular flexibility index (Phi) is 2.94. The third-order valence-electron chi connectivity index (χ3n) is 2.30. The maximum Gasteiger partial charge on any atom is 0.117 e. The Balaban J connectivity index is 2.43. The molecule has 76 valence electrons. The number of aliphatic hydroxyl groups excluding tert-OH is 1. The molecule has 1 aromatic carbocycles. The van der Waals surface area contributed by atoms with Crippen molar-refractivity contribution >= 4 is 21.7 Å². The zero-order chi connectivity index (χ0) is 10.7. The van der Waals surface area contributed by atoms with Crippen molar-refractivity contribution in [2.24, 2.45) is 0 Å². The van der Waals surface area contributed by atoms with Gasteiger partial charge in [-0.15, -0.1) is 0 Å². The number of allylic oxidation sites excluding steroid dienone is 2. The van der Waals surface area contributed by atoms with Crippen LogP contribution in [0.5, 0.6) is 0 Å². The predicted octanol–water partition coefficient (Wildman–Crippen LogP) is 1.39. The van der Waals surface area contributed by atoms with Crippen LogP contribution in [0.1, 0.15) is 5.56 Å². The van der Waals surface area contributed by atoms with Crippen LogP contribution in [-0.2, 0) is 11.3 Å². The van der Waals surface area contributed by atoms with Gasteiger partial charge in [-0.2, -0.15) is 0 Å². The molecule has 15 heavy (non-hydrogen) atoms. The molecule has 1 aromatic rings. The normalized spacial score (nSPS) is 19.9. The lowest BCUT2D eigenvalue weighted by atomic mass is 9.95. The summed E-state index contributed by atoms with van der Waals surface area (Å²) >= 11 is 0.341. The molecular formula is C12H10O2S. The van der Waals surface area contributed by atoms with Crippen LogP contribution in [0.2, 0.25) is 0 Å². The molecule has 2 nitrogen and oxygen atoms in total. The van der Waals surface area contributed by atoms with Crippen LogP contribution < -0.4 is 0 Å². The summed E-state index contributed by atoms with van der Waals surface area (Å²) in [6.07, 6.45) is 4.48. The van der Waals surface area contributed by atoms with Gasteiger partial charge < -0.3 is 5.11 Å². The lowest BCUT2D eigenvalue weighted by Crippen LogP contribution is -2.22. The fourth-order valence-corrected chi connectivity index (χ4v) is 1.89. The minimum atomic E-state index is -0.792. The standard InChI is InChI=1S/C12H10O2S/c13-12-10(7-4-8-11(12)15-14)9-5-2-1-3-6-9/h1-8,12-13H. The fraction of sp³-hybridized carbons (Fsp3) is 0.0833. The van der Waals surface area contributed by atoms with Crippen molar-refractivity contribution in [2.45, 2.75) is 6.10 Å². The summed E-state index contributed by atoms with van der Waals surface area (Å²) in [6.45, 7) is 0. The molecule has 3 heteroatoms. The largest absolute Gasteiger partial charge is 0.383 e. The highest BCUT2D eigenvalue weighted by atomic mass is 32.1. The molecule has 0 bridgehead atoms. The molecule has 0 saturated carbocycles. The molecule has 1 N–H and O–H groups in total. The van der Waals surface area contributed by atoms with E-state index >= 15 is 0 Å². The molecule has 1 unspecified atom stereocenters. The predicted molar refractivity (Wildman–Crippen MR) is 62.7 cm³/mol. The molecule has 0 aromatic heterocycles. The van der Waals surface area contributed by atoms with Gasteiger partial charge in [-0.25, -0.2) is 4.21 Å². The Morgan fingerprint density at radius 3 is 2.60 bits per heavy atom. The minimum absolute atomic E-state index is 0.341. The van der Waals surface area contributed by atoms with Crippen molar-refractivity contribution < 1.29 is 9.32 Å². The first-order valence-corrected chi connectivity index (χ1v) is 5.35. The van der Waals surface area contributed by atoms with E-state index in [1.165, 1.54) is 0 Å². The van der Waals surface area contributed by atoms with Gasteiger partial charge in [-0.1, -0.05) is 42.5 Å². The SMILES string of the molecule is O=S=C1C=CC=C(c2ccccc2)C1O. The van der Waals surface area contributed by atoms with Crippen LogP contribution in [0.3, 0.4) is 0 Å². The van der Waals surface area contributed by atoms with Crippen LogP contribution >= 0.6 is 0 Å². The summed E-state index contributed by atoms with van der Waals surface area (Å²) in [5, 5.41) is 9.90. The number of benzene rings is 1. The van der Waals surface area contributed by atoms with Crippen molar-refractivity contribution in [3.05, 3.63) is 54.1 Å². The van der Waals surface area contributed by atoms with Gasteiger partial charge in [0.15, 0.2) is 0 Å². The Hall–Kier alpha value is -1.45. The molecule has 0 saturated heterocycles. The summed E-state index contributed by atoms with van der Waals surface area (Å²) in [6, 6.07) is 9.57. The molecule has 0 spiro atoms. The van der Waals surface area contributed by atoms with Crippen molar-refractivity contribution in [2.75, 3.05) is 0 Å². The van der Waals surface area contributed by atoms with E-state index in [0.29, 0.717) is 16.1 Å². The second-order valence-electron chi connectivity index (χ2n) is 3.24. The third kappa shape index (κ3) is 1.98. The lowest BCUT2D eigenvalue weighted by molar-refractivity contribution is 0.300. The second kappa shape index (κ2) is 4.38. The van der Waals surface area contributed by atoms with E-state index in [1.807, 2.05) is 36.4 Å². The van der Waals surface area contributed by atoms with E-state index in [2.05, 4.69) is 0 Å². The molecule has 1 aliphatic rings. The van der Waals surface area contributed by atoms with E-state index in [1.54, 1.807) is 12.2 Å². The van der Waals surface area contributed by atoms with Gasteiger partial charge in [0.2, 0.25) is 0 Å². The van der Waals surface area contributed by atoms with Crippen molar-refractivity contribution in [3.8, 4) is 0 Å². The van der Waals surface area contributed by atoms with Gasteiger partial charge in [0, 0.05) is 0 Å². The Labute approximate surface area is 91.6 Å². The Bertz CT molecular complexity index is 468. The summed E-state index contributed by atoms with van der Waals surface area (Å²) in [7, 11) is 0. The molecule has 0 amide bonds. The van der Waals surface area contributed by atoms with Crippen LogP contribution in [-0.4, -0.2) is 20.3 Å². The van der Waals surface area contributed by atoms with Gasteiger partial charge in [0.05, 0.1) is 16.1 Å². The minimum Gasteiger partial charge on any atom is -0.383 e. The smallest absolute Gasteiger partial charge is 0.117 e. The summed E-state index contributed by atoms with van der Waals surface area (Å²) in [5.41, 5.74) is 1.72. The number of hydrogen-bond acceptors (Lipinski definition) is 2. The quantitative estimate of drug-likeness (QED) is 0.723. The molecule has 1 atom stereocenters. The van der Waals surface area contributed by atoms with Crippen molar-refractivity contribution in [1.82, 2.24) is 0 Å². The maximum absolute atomic E-state index is 10.7. The zero-order valence-corrected chi connectivity index (χ0v) is 8.78. The molecule has 0 aliphatic heterocycles. The van der Waals surface area contributed by atoms with Gasteiger partial charge in [-0.3, -0.25) is 0 Å². The maximum atomic E-state index is 10.7. The first-order valence-electron chi connectivity index (χ1n) is 4.61. The van der Waals surface area contributed by atoms with Crippen molar-refractivity contribution in [3.63, 3.8) is 0 Å². The summed E-state index contributed by atoms with van der Waals surface area (Å²) in [5.74, 6) is 0. The lowest BCUT2D eigenvalue weighted by Gasteiger charge is -2.16. The molecule has 2 rings (SSSR count). The van der Waals surface area contributed by atoms with Crippen LogP contribution in [0.25, 0.3) is 5.57 Å². The first-order chi connectivity index (χ1) is 7.33. The Morgan fingerprint density at radius 1 is 1.20 bits per heavy atom. The first kappa shape index (κ1) is 10.1. The Morgan fingerprint density at radius 2 is 1.93 bits per heavy atom. The topological polar surface area (TPSA) is 37.3 Å². The zero-order valence-electron chi connectivity index (χ0n) is 7.96. The van der Waals surface area contributed by atoms with Gasteiger partial charge in [0.25, 0.3) is 0 Å². The van der Waals surface area contributed by atoms with Gasteiger partial charge in [-0.05, 0) is 17.2 Å². The average Bonchev–Trinajstić information content (AvgIpc) is 2.30. The van der Waals surface area contributed by atoms with Gasteiger partial charge >= 0.3 is 0 Å². The van der Waals surface area contributed by atoms with Crippen molar-refractivity contribution in [1.29, 1.82) is 0 Å². The molecule has 1 aliphatic carbocycles. The summed E-state index contributed by atoms with van der Waals surface area (Å²) < 4.78 is 10.7. The van der Waals surface area contributed by atoms with Crippen LogP contribution in [0.15, 0.2) is 48.6 Å². The van der Waals surface area contributed by atoms with E-state index in [4.69, 9.17) is 0 Å². The van der Waals surface area contributed by atoms with Crippen LogP contribution in [0, 0.1) is 0 Å². The summed E-state index contributed by atoms with van der Waals surface area (Å²) in [4.78, 5) is 0.441. The van der Waals surface area contributed by atoms with Gasteiger partial charge in [0.1, 0.15) is 6.10 Å². The highest BCUT2D eigenvalue weighted by molar-refractivity contribution is 7.67. The number of rotatable bonds is 1. The van der Waals surface area contributed by atoms with E-state index in [0.717, 1.165) is 11.1 Å². The third-order valence-corrected chi connectivity index (χ3v) is 2.86. The second-order valence-corrected chi connectivity index (χ2v) is 3.87. The monoisotopic (exact) mass is 218 g/mol. The average molecular weight is 218 g/mol. The number of hydrogen-bond donors (Lipinski definition) is 1. The molecular weight excluding hydrogens is 208 g/mol. The molecule has 0 radical (unpaired) electrons.